The molecule has 4 heteroatoms. The summed E-state index contributed by atoms with van der Waals surface area (Å²) in [6, 6.07) is 17.7. The number of hydrogen-bond acceptors (Lipinski definition) is 3. The molecule has 3 rings (SSSR count). The summed E-state index contributed by atoms with van der Waals surface area (Å²) >= 11 is 0. The summed E-state index contributed by atoms with van der Waals surface area (Å²) in [6.45, 7) is 2.69. The van der Waals surface area contributed by atoms with E-state index in [2.05, 4.69) is 47.6 Å². The standard InChI is InChI=1S/C21H26N2O2/c1-23(15-18-6-3-2-4-7-18)21(12-5-13-21)16-22-14-17-8-10-19(11-9-17)20(24)25/h2-4,6-11,22H,5,12-16H2,1H3,(H,24,25). The Hall–Kier alpha value is -2.17. The van der Waals surface area contributed by atoms with Gasteiger partial charge in [0.2, 0.25) is 0 Å². The van der Waals surface area contributed by atoms with Gasteiger partial charge in [-0.3, -0.25) is 4.90 Å². The van der Waals surface area contributed by atoms with E-state index in [9.17, 15) is 4.79 Å². The van der Waals surface area contributed by atoms with Crippen molar-refractivity contribution in [2.24, 2.45) is 0 Å². The summed E-state index contributed by atoms with van der Waals surface area (Å²) in [7, 11) is 2.22. The van der Waals surface area contributed by atoms with Crippen LogP contribution >= 0.6 is 0 Å². The van der Waals surface area contributed by atoms with Gasteiger partial charge in [0, 0.05) is 25.2 Å². The van der Waals surface area contributed by atoms with Crippen molar-refractivity contribution < 1.29 is 9.90 Å². The number of nitrogens with one attached hydrogen (secondary N) is 1. The maximum Gasteiger partial charge on any atom is 0.335 e. The second-order valence-corrected chi connectivity index (χ2v) is 7.03. The zero-order chi connectivity index (χ0) is 17.7. The van der Waals surface area contributed by atoms with Crippen LogP contribution < -0.4 is 5.32 Å². The molecule has 4 nitrogen and oxygen atoms in total. The highest BCUT2D eigenvalue weighted by Gasteiger charge is 2.40. The molecule has 132 valence electrons. The first-order chi connectivity index (χ1) is 12.1. The molecule has 0 spiro atoms. The molecular formula is C21H26N2O2. The van der Waals surface area contributed by atoms with Crippen LogP contribution in [-0.2, 0) is 13.1 Å². The SMILES string of the molecule is CN(Cc1ccccc1)C1(CNCc2ccc(C(=O)O)cc2)CCC1. The first kappa shape index (κ1) is 17.6. The van der Waals surface area contributed by atoms with Gasteiger partial charge in [-0.2, -0.15) is 0 Å². The van der Waals surface area contributed by atoms with Gasteiger partial charge in [-0.25, -0.2) is 4.79 Å². The van der Waals surface area contributed by atoms with Crippen LogP contribution in [0, 0.1) is 0 Å². The normalized spacial score (nSPS) is 15.8. The monoisotopic (exact) mass is 338 g/mol. The molecule has 1 aliphatic rings. The zero-order valence-corrected chi connectivity index (χ0v) is 14.7. The molecule has 0 aromatic heterocycles. The molecule has 1 saturated carbocycles. The minimum absolute atomic E-state index is 0.233. The quantitative estimate of drug-likeness (QED) is 0.773. The van der Waals surface area contributed by atoms with Crippen molar-refractivity contribution in [1.82, 2.24) is 10.2 Å². The molecule has 1 fully saturated rings. The van der Waals surface area contributed by atoms with Gasteiger partial charge in [0.1, 0.15) is 0 Å². The molecule has 2 N–H and O–H groups in total. The maximum absolute atomic E-state index is 10.9. The largest absolute Gasteiger partial charge is 0.478 e. The molecule has 2 aromatic carbocycles. The van der Waals surface area contributed by atoms with E-state index < -0.39 is 5.97 Å². The molecule has 0 saturated heterocycles. The van der Waals surface area contributed by atoms with Crippen LogP contribution in [0.4, 0.5) is 0 Å². The van der Waals surface area contributed by atoms with Crippen molar-refractivity contribution in [3.63, 3.8) is 0 Å². The number of carboxylic acid groups (broad SMARTS) is 1. The van der Waals surface area contributed by atoms with Gasteiger partial charge in [-0.05, 0) is 49.6 Å². The Morgan fingerprint density at radius 1 is 1.08 bits per heavy atom. The van der Waals surface area contributed by atoms with Crippen LogP contribution in [0.2, 0.25) is 0 Å². The van der Waals surface area contributed by atoms with Gasteiger partial charge < -0.3 is 10.4 Å². The van der Waals surface area contributed by atoms with Crippen LogP contribution in [0.3, 0.4) is 0 Å². The summed E-state index contributed by atoms with van der Waals surface area (Å²) in [5.74, 6) is -0.879. The third-order valence-corrected chi connectivity index (χ3v) is 5.34. The first-order valence-electron chi connectivity index (χ1n) is 8.87. The molecule has 0 amide bonds. The van der Waals surface area contributed by atoms with Gasteiger partial charge in [-0.1, -0.05) is 42.5 Å². The van der Waals surface area contributed by atoms with Gasteiger partial charge in [-0.15, -0.1) is 0 Å². The average molecular weight is 338 g/mol. The van der Waals surface area contributed by atoms with E-state index in [1.807, 2.05) is 12.1 Å². The topological polar surface area (TPSA) is 52.6 Å². The van der Waals surface area contributed by atoms with E-state index in [0.29, 0.717) is 5.56 Å². The van der Waals surface area contributed by atoms with Gasteiger partial charge >= 0.3 is 5.97 Å². The van der Waals surface area contributed by atoms with Crippen LogP contribution in [0.5, 0.6) is 0 Å². The number of benzene rings is 2. The van der Waals surface area contributed by atoms with E-state index in [-0.39, 0.29) is 5.54 Å². The maximum atomic E-state index is 10.9. The molecular weight excluding hydrogens is 312 g/mol. The Kier molecular flexibility index (Phi) is 5.51. The lowest BCUT2D eigenvalue weighted by Crippen LogP contribution is -2.57. The van der Waals surface area contributed by atoms with Crippen molar-refractivity contribution >= 4 is 5.97 Å². The fraction of sp³-hybridized carbons (Fsp3) is 0.381. The highest BCUT2D eigenvalue weighted by atomic mass is 16.4. The number of carboxylic acids is 1. The van der Waals surface area contributed by atoms with Crippen LogP contribution in [-0.4, -0.2) is 35.1 Å². The number of hydrogen-bond donors (Lipinski definition) is 2. The molecule has 0 aliphatic heterocycles. The van der Waals surface area contributed by atoms with E-state index in [0.717, 1.165) is 25.2 Å². The van der Waals surface area contributed by atoms with Gasteiger partial charge in [0.05, 0.1) is 5.56 Å². The Bertz CT molecular complexity index is 694. The lowest BCUT2D eigenvalue weighted by atomic mass is 9.75. The third kappa shape index (κ3) is 4.27. The molecule has 0 heterocycles. The smallest absolute Gasteiger partial charge is 0.335 e. The number of likely N-dealkylation sites (N-methyl/N-ethyl adjacent to an activating group) is 1. The van der Waals surface area contributed by atoms with Crippen molar-refractivity contribution in [2.75, 3.05) is 13.6 Å². The minimum atomic E-state index is -0.879. The predicted octanol–water partition coefficient (Wildman–Crippen LogP) is 3.53. The minimum Gasteiger partial charge on any atom is -0.478 e. The molecule has 0 unspecified atom stereocenters. The van der Waals surface area contributed by atoms with Gasteiger partial charge in [0.15, 0.2) is 0 Å². The second kappa shape index (κ2) is 7.81. The zero-order valence-electron chi connectivity index (χ0n) is 14.7. The molecule has 0 radical (unpaired) electrons. The Balaban J connectivity index is 1.54. The Labute approximate surface area is 149 Å². The van der Waals surface area contributed by atoms with E-state index in [1.165, 1.54) is 24.8 Å². The molecule has 0 atom stereocenters. The van der Waals surface area contributed by atoms with Crippen LogP contribution in [0.1, 0.15) is 40.7 Å². The van der Waals surface area contributed by atoms with Crippen molar-refractivity contribution in [3.8, 4) is 0 Å². The van der Waals surface area contributed by atoms with E-state index >= 15 is 0 Å². The van der Waals surface area contributed by atoms with E-state index in [1.54, 1.807) is 12.1 Å². The number of aromatic carboxylic acids is 1. The van der Waals surface area contributed by atoms with Crippen molar-refractivity contribution in [3.05, 3.63) is 71.3 Å². The lowest BCUT2D eigenvalue weighted by molar-refractivity contribution is 0.0315. The summed E-state index contributed by atoms with van der Waals surface area (Å²) in [4.78, 5) is 13.4. The number of carbonyl (C=O) groups is 1. The second-order valence-electron chi connectivity index (χ2n) is 7.03. The average Bonchev–Trinajstić information content (AvgIpc) is 2.58. The molecule has 2 aromatic rings. The fourth-order valence-corrected chi connectivity index (χ4v) is 3.51. The Morgan fingerprint density at radius 3 is 2.32 bits per heavy atom. The third-order valence-electron chi connectivity index (χ3n) is 5.34. The van der Waals surface area contributed by atoms with Crippen molar-refractivity contribution in [2.45, 2.75) is 37.9 Å². The summed E-state index contributed by atoms with van der Waals surface area (Å²) in [5.41, 5.74) is 3.03. The summed E-state index contributed by atoms with van der Waals surface area (Å²) in [6.07, 6.45) is 3.73. The lowest BCUT2D eigenvalue weighted by Gasteiger charge is -2.49. The first-order valence-corrected chi connectivity index (χ1v) is 8.87. The van der Waals surface area contributed by atoms with Crippen LogP contribution in [0.15, 0.2) is 54.6 Å². The van der Waals surface area contributed by atoms with Crippen molar-refractivity contribution in [1.29, 1.82) is 0 Å². The highest BCUT2D eigenvalue weighted by molar-refractivity contribution is 5.87. The number of nitrogens with zero attached hydrogens (tertiary/aromatic N) is 1. The Morgan fingerprint density at radius 2 is 1.76 bits per heavy atom. The van der Waals surface area contributed by atoms with Crippen LogP contribution in [0.25, 0.3) is 0 Å². The molecule has 0 bridgehead atoms. The predicted molar refractivity (Wildman–Crippen MR) is 99.6 cm³/mol. The molecule has 25 heavy (non-hydrogen) atoms. The summed E-state index contributed by atoms with van der Waals surface area (Å²) in [5, 5.41) is 12.5. The fourth-order valence-electron chi connectivity index (χ4n) is 3.51. The summed E-state index contributed by atoms with van der Waals surface area (Å²) < 4.78 is 0. The van der Waals surface area contributed by atoms with E-state index in [4.69, 9.17) is 5.11 Å². The van der Waals surface area contributed by atoms with Gasteiger partial charge in [0.25, 0.3) is 0 Å². The number of rotatable bonds is 8. The molecule has 1 aliphatic carbocycles. The highest BCUT2D eigenvalue weighted by Crippen LogP contribution is 2.37.